The average Bonchev–Trinajstić information content (AvgIpc) is 2.78. The van der Waals surface area contributed by atoms with Gasteiger partial charge in [-0.1, -0.05) is 30.3 Å². The smallest absolute Gasteiger partial charge is 0.410 e. The van der Waals surface area contributed by atoms with Crippen molar-refractivity contribution < 1.29 is 14.3 Å². The topological polar surface area (TPSA) is 98.6 Å². The minimum absolute atomic E-state index is 0.0788. The van der Waals surface area contributed by atoms with Crippen LogP contribution < -0.4 is 11.5 Å². The Labute approximate surface area is 117 Å². The summed E-state index contributed by atoms with van der Waals surface area (Å²) in [7, 11) is 0. The zero-order chi connectivity index (χ0) is 14.6. The summed E-state index contributed by atoms with van der Waals surface area (Å²) >= 11 is 0. The molecule has 1 saturated heterocycles. The molecule has 1 fully saturated rings. The van der Waals surface area contributed by atoms with Crippen LogP contribution in [0.4, 0.5) is 4.79 Å². The van der Waals surface area contributed by atoms with Crippen LogP contribution in [0.15, 0.2) is 30.3 Å². The molecule has 6 nitrogen and oxygen atoms in total. The third kappa shape index (κ3) is 3.71. The largest absolute Gasteiger partial charge is 0.445 e. The van der Waals surface area contributed by atoms with E-state index >= 15 is 0 Å². The standard InChI is InChI=1S/C14H19N3O3/c15-12(18)8-14(16)6-7-17(10-14)13(19)20-9-11-4-2-1-3-5-11/h1-5H,6-10,16H2,(H2,15,18). The summed E-state index contributed by atoms with van der Waals surface area (Å²) in [5.74, 6) is -0.452. The highest BCUT2D eigenvalue weighted by Gasteiger charge is 2.38. The maximum absolute atomic E-state index is 11.9. The summed E-state index contributed by atoms with van der Waals surface area (Å²) in [6.07, 6.45) is 0.219. The summed E-state index contributed by atoms with van der Waals surface area (Å²) in [5.41, 5.74) is 11.4. The number of likely N-dealkylation sites (tertiary alicyclic amines) is 1. The Balaban J connectivity index is 1.84. The molecule has 1 aliphatic rings. The molecule has 1 unspecified atom stereocenters. The Bertz CT molecular complexity index is 492. The van der Waals surface area contributed by atoms with E-state index in [1.54, 1.807) is 0 Å². The first-order chi connectivity index (χ1) is 9.48. The van der Waals surface area contributed by atoms with Gasteiger partial charge in [0.2, 0.25) is 5.91 Å². The number of nitrogens with zero attached hydrogens (tertiary/aromatic N) is 1. The van der Waals surface area contributed by atoms with Crippen molar-refractivity contribution in [1.29, 1.82) is 0 Å². The van der Waals surface area contributed by atoms with Gasteiger partial charge >= 0.3 is 6.09 Å². The van der Waals surface area contributed by atoms with Crippen molar-refractivity contribution in [2.75, 3.05) is 13.1 Å². The van der Waals surface area contributed by atoms with E-state index in [0.29, 0.717) is 19.5 Å². The molecule has 1 aromatic carbocycles. The van der Waals surface area contributed by atoms with Gasteiger partial charge in [-0.15, -0.1) is 0 Å². The van der Waals surface area contributed by atoms with Gasteiger partial charge in [0.1, 0.15) is 6.61 Å². The van der Waals surface area contributed by atoms with Crippen LogP contribution in [-0.2, 0) is 16.1 Å². The van der Waals surface area contributed by atoms with E-state index in [1.165, 1.54) is 4.90 Å². The molecule has 0 aromatic heterocycles. The van der Waals surface area contributed by atoms with E-state index in [2.05, 4.69) is 0 Å². The molecule has 0 bridgehead atoms. The van der Waals surface area contributed by atoms with Gasteiger partial charge in [-0.2, -0.15) is 0 Å². The average molecular weight is 277 g/mol. The molecule has 20 heavy (non-hydrogen) atoms. The summed E-state index contributed by atoms with van der Waals surface area (Å²) in [6, 6.07) is 9.45. The van der Waals surface area contributed by atoms with Gasteiger partial charge in [0.05, 0.1) is 0 Å². The van der Waals surface area contributed by atoms with Gasteiger partial charge in [0.25, 0.3) is 0 Å². The minimum Gasteiger partial charge on any atom is -0.445 e. The lowest BCUT2D eigenvalue weighted by Gasteiger charge is -2.22. The number of hydrogen-bond donors (Lipinski definition) is 2. The number of carbonyl (C=O) groups is 2. The van der Waals surface area contributed by atoms with E-state index in [0.717, 1.165) is 5.56 Å². The molecule has 1 atom stereocenters. The molecule has 2 amide bonds. The maximum atomic E-state index is 11.9. The molecule has 1 heterocycles. The molecule has 0 radical (unpaired) electrons. The Morgan fingerprint density at radius 3 is 2.65 bits per heavy atom. The molecular formula is C14H19N3O3. The van der Waals surface area contributed by atoms with Crippen molar-refractivity contribution in [2.45, 2.75) is 25.0 Å². The highest BCUT2D eigenvalue weighted by Crippen LogP contribution is 2.22. The Hall–Kier alpha value is -2.08. The predicted octanol–water partition coefficient (Wildman–Crippen LogP) is 0.602. The first-order valence-corrected chi connectivity index (χ1v) is 6.51. The normalized spacial score (nSPS) is 21.8. The van der Waals surface area contributed by atoms with Crippen LogP contribution in [0.1, 0.15) is 18.4 Å². The summed E-state index contributed by atoms with van der Waals surface area (Å²) < 4.78 is 5.23. The summed E-state index contributed by atoms with van der Waals surface area (Å²) in [5, 5.41) is 0. The van der Waals surface area contributed by atoms with Crippen LogP contribution in [0.3, 0.4) is 0 Å². The summed E-state index contributed by atoms with van der Waals surface area (Å²) in [6.45, 7) is 1.00. The first-order valence-electron chi connectivity index (χ1n) is 6.51. The monoisotopic (exact) mass is 277 g/mol. The van der Waals surface area contributed by atoms with E-state index in [9.17, 15) is 9.59 Å². The van der Waals surface area contributed by atoms with Gasteiger partial charge in [-0.3, -0.25) is 4.79 Å². The molecule has 1 aromatic rings. The van der Waals surface area contributed by atoms with Crippen molar-refractivity contribution >= 4 is 12.0 Å². The fourth-order valence-electron chi connectivity index (χ4n) is 2.35. The van der Waals surface area contributed by atoms with Gasteiger partial charge < -0.3 is 21.1 Å². The van der Waals surface area contributed by atoms with E-state index in [4.69, 9.17) is 16.2 Å². The highest BCUT2D eigenvalue weighted by atomic mass is 16.6. The molecule has 0 spiro atoms. The number of carbonyl (C=O) groups excluding carboxylic acids is 2. The third-order valence-corrected chi connectivity index (χ3v) is 3.37. The highest BCUT2D eigenvalue weighted by molar-refractivity contribution is 5.75. The summed E-state index contributed by atoms with van der Waals surface area (Å²) in [4.78, 5) is 24.4. The van der Waals surface area contributed by atoms with Crippen molar-refractivity contribution in [2.24, 2.45) is 11.5 Å². The number of rotatable bonds is 4. The number of nitrogens with two attached hydrogens (primary N) is 2. The maximum Gasteiger partial charge on any atom is 0.410 e. The molecule has 0 aliphatic carbocycles. The predicted molar refractivity (Wildman–Crippen MR) is 73.5 cm³/mol. The van der Waals surface area contributed by atoms with E-state index in [1.807, 2.05) is 30.3 Å². The third-order valence-electron chi connectivity index (χ3n) is 3.37. The number of benzene rings is 1. The molecule has 4 N–H and O–H groups in total. The molecule has 108 valence electrons. The number of hydrogen-bond acceptors (Lipinski definition) is 4. The van der Waals surface area contributed by atoms with Crippen molar-refractivity contribution in [3.8, 4) is 0 Å². The second-order valence-electron chi connectivity index (χ2n) is 5.22. The zero-order valence-electron chi connectivity index (χ0n) is 11.2. The zero-order valence-corrected chi connectivity index (χ0v) is 11.2. The lowest BCUT2D eigenvalue weighted by Crippen LogP contribution is -2.46. The fourth-order valence-corrected chi connectivity index (χ4v) is 2.35. The molecule has 1 aliphatic heterocycles. The van der Waals surface area contributed by atoms with Crippen LogP contribution in [0, 0.1) is 0 Å². The van der Waals surface area contributed by atoms with Crippen molar-refractivity contribution in [3.05, 3.63) is 35.9 Å². The van der Waals surface area contributed by atoms with E-state index < -0.39 is 17.5 Å². The number of primary amides is 1. The van der Waals surface area contributed by atoms with Gasteiger partial charge in [-0.25, -0.2) is 4.79 Å². The van der Waals surface area contributed by atoms with E-state index in [-0.39, 0.29) is 13.0 Å². The van der Waals surface area contributed by atoms with Gasteiger partial charge in [-0.05, 0) is 12.0 Å². The lowest BCUT2D eigenvalue weighted by atomic mass is 9.95. The second kappa shape index (κ2) is 5.92. The fraction of sp³-hybridized carbons (Fsp3) is 0.429. The molecule has 0 saturated carbocycles. The van der Waals surface area contributed by atoms with Crippen LogP contribution in [-0.4, -0.2) is 35.5 Å². The Morgan fingerprint density at radius 2 is 2.00 bits per heavy atom. The lowest BCUT2D eigenvalue weighted by molar-refractivity contribution is -0.119. The molecular weight excluding hydrogens is 258 g/mol. The Kier molecular flexibility index (Phi) is 4.24. The van der Waals surface area contributed by atoms with Gasteiger partial charge in [0.15, 0.2) is 0 Å². The van der Waals surface area contributed by atoms with Crippen LogP contribution >= 0.6 is 0 Å². The molecule has 2 rings (SSSR count). The quantitative estimate of drug-likeness (QED) is 0.842. The Morgan fingerprint density at radius 1 is 1.30 bits per heavy atom. The minimum atomic E-state index is -0.725. The van der Waals surface area contributed by atoms with Crippen molar-refractivity contribution in [1.82, 2.24) is 4.90 Å². The second-order valence-corrected chi connectivity index (χ2v) is 5.22. The van der Waals surface area contributed by atoms with Crippen LogP contribution in [0.5, 0.6) is 0 Å². The first kappa shape index (κ1) is 14.3. The van der Waals surface area contributed by atoms with Crippen LogP contribution in [0.25, 0.3) is 0 Å². The number of amides is 2. The number of ether oxygens (including phenoxy) is 1. The van der Waals surface area contributed by atoms with Crippen LogP contribution in [0.2, 0.25) is 0 Å². The SMILES string of the molecule is NC(=O)CC1(N)CCN(C(=O)OCc2ccccc2)C1. The van der Waals surface area contributed by atoms with Gasteiger partial charge in [0, 0.05) is 25.0 Å². The molecule has 6 heteroatoms. The van der Waals surface area contributed by atoms with Crippen molar-refractivity contribution in [3.63, 3.8) is 0 Å².